The molecule has 0 aromatic heterocycles. The van der Waals surface area contributed by atoms with Gasteiger partial charge in [-0.15, -0.1) is 0 Å². The molecule has 0 heterocycles. The van der Waals surface area contributed by atoms with Crippen LogP contribution in [0.4, 0.5) is 11.4 Å². The van der Waals surface area contributed by atoms with Crippen LogP contribution in [0.15, 0.2) is 18.2 Å². The summed E-state index contributed by atoms with van der Waals surface area (Å²) in [6, 6.07) is 4.99. The van der Waals surface area contributed by atoms with Crippen LogP contribution in [0.5, 0.6) is 0 Å². The van der Waals surface area contributed by atoms with Gasteiger partial charge in [0.2, 0.25) is 10.0 Å². The second-order valence-corrected chi connectivity index (χ2v) is 6.16. The molecule has 0 fully saturated rings. The topological polar surface area (TPSA) is 113 Å². The van der Waals surface area contributed by atoms with E-state index in [4.69, 9.17) is 5.73 Å². The zero-order valence-corrected chi connectivity index (χ0v) is 12.4. The molecule has 5 N–H and O–H groups in total. The average Bonchev–Trinajstić information content (AvgIpc) is 2.37. The van der Waals surface area contributed by atoms with Crippen molar-refractivity contribution in [2.75, 3.05) is 37.4 Å². The van der Waals surface area contributed by atoms with E-state index in [1.165, 1.54) is 0 Å². The largest absolute Gasteiger partial charge is 0.397 e. The molecule has 0 spiro atoms. The predicted molar refractivity (Wildman–Crippen MR) is 80.2 cm³/mol. The lowest BCUT2D eigenvalue weighted by atomic mass is 10.1. The lowest BCUT2D eigenvalue weighted by Gasteiger charge is -2.10. The van der Waals surface area contributed by atoms with Gasteiger partial charge in [0.05, 0.1) is 17.6 Å². The standard InChI is InChI=1S/C12H20N4O3S/c1-14-12(17)9-4-5-11(10(13)8-9)15-6-3-7-16-20(2,18)19/h4-5,8,15-16H,3,6-7,13H2,1-2H3,(H,14,17). The molecule has 0 saturated heterocycles. The Hall–Kier alpha value is -1.80. The number of carbonyl (C=O) groups is 1. The third kappa shape index (κ3) is 5.45. The molecule has 0 radical (unpaired) electrons. The maximum Gasteiger partial charge on any atom is 0.251 e. The second-order valence-electron chi connectivity index (χ2n) is 4.33. The number of amides is 1. The van der Waals surface area contributed by atoms with Crippen molar-refractivity contribution >= 4 is 27.3 Å². The second kappa shape index (κ2) is 7.11. The van der Waals surface area contributed by atoms with Crippen molar-refractivity contribution < 1.29 is 13.2 Å². The van der Waals surface area contributed by atoms with Crippen LogP contribution in [0.1, 0.15) is 16.8 Å². The number of sulfonamides is 1. The summed E-state index contributed by atoms with van der Waals surface area (Å²) < 4.78 is 24.1. The number of hydrogen-bond donors (Lipinski definition) is 4. The first-order valence-corrected chi connectivity index (χ1v) is 8.03. The summed E-state index contributed by atoms with van der Waals surface area (Å²) in [5.41, 5.74) is 7.53. The van der Waals surface area contributed by atoms with Crippen LogP contribution < -0.4 is 21.1 Å². The molecule has 0 aliphatic carbocycles. The molecule has 1 amide bonds. The Labute approximate surface area is 119 Å². The van der Waals surface area contributed by atoms with Crippen molar-refractivity contribution in [2.45, 2.75) is 6.42 Å². The molecule has 1 rings (SSSR count). The van der Waals surface area contributed by atoms with Gasteiger partial charge in [0, 0.05) is 25.7 Å². The minimum atomic E-state index is -3.14. The van der Waals surface area contributed by atoms with Crippen molar-refractivity contribution in [3.05, 3.63) is 23.8 Å². The normalized spacial score (nSPS) is 11.1. The summed E-state index contributed by atoms with van der Waals surface area (Å²) >= 11 is 0. The number of rotatable bonds is 7. The molecule has 0 unspecified atom stereocenters. The summed E-state index contributed by atoms with van der Waals surface area (Å²) in [7, 11) is -1.59. The van der Waals surface area contributed by atoms with Crippen LogP contribution in [0, 0.1) is 0 Å². The van der Waals surface area contributed by atoms with Crippen molar-refractivity contribution in [3.8, 4) is 0 Å². The van der Waals surface area contributed by atoms with E-state index in [-0.39, 0.29) is 5.91 Å². The molecule has 7 nitrogen and oxygen atoms in total. The Kier molecular flexibility index (Phi) is 5.78. The summed E-state index contributed by atoms with van der Waals surface area (Å²) in [4.78, 5) is 11.4. The summed E-state index contributed by atoms with van der Waals surface area (Å²) in [6.07, 6.45) is 1.75. The van der Waals surface area contributed by atoms with E-state index in [0.29, 0.717) is 30.8 Å². The molecule has 20 heavy (non-hydrogen) atoms. The van der Waals surface area contributed by atoms with Crippen LogP contribution in [-0.2, 0) is 10.0 Å². The van der Waals surface area contributed by atoms with Crippen molar-refractivity contribution in [2.24, 2.45) is 0 Å². The van der Waals surface area contributed by atoms with E-state index in [2.05, 4.69) is 15.4 Å². The van der Waals surface area contributed by atoms with Crippen molar-refractivity contribution in [1.29, 1.82) is 0 Å². The lowest BCUT2D eigenvalue weighted by Crippen LogP contribution is -2.24. The van der Waals surface area contributed by atoms with Gasteiger partial charge in [-0.05, 0) is 24.6 Å². The monoisotopic (exact) mass is 300 g/mol. The first-order valence-electron chi connectivity index (χ1n) is 6.13. The van der Waals surface area contributed by atoms with Gasteiger partial charge in [-0.3, -0.25) is 4.79 Å². The first-order chi connectivity index (χ1) is 9.33. The average molecular weight is 300 g/mol. The highest BCUT2D eigenvalue weighted by Gasteiger charge is 2.06. The van der Waals surface area contributed by atoms with E-state index < -0.39 is 10.0 Å². The van der Waals surface area contributed by atoms with E-state index in [1.807, 2.05) is 0 Å². The molecule has 0 aliphatic heterocycles. The molecular weight excluding hydrogens is 280 g/mol. The molecule has 0 atom stereocenters. The molecule has 112 valence electrons. The Morgan fingerprint density at radius 1 is 1.30 bits per heavy atom. The van der Waals surface area contributed by atoms with Gasteiger partial charge in [0.15, 0.2) is 0 Å². The summed E-state index contributed by atoms with van der Waals surface area (Å²) in [5.74, 6) is -0.194. The Morgan fingerprint density at radius 2 is 2.00 bits per heavy atom. The Morgan fingerprint density at radius 3 is 2.55 bits per heavy atom. The van der Waals surface area contributed by atoms with Gasteiger partial charge in [0.1, 0.15) is 0 Å². The van der Waals surface area contributed by atoms with Crippen LogP contribution in [0.25, 0.3) is 0 Å². The third-order valence-electron chi connectivity index (χ3n) is 2.57. The minimum absolute atomic E-state index is 0.194. The van der Waals surface area contributed by atoms with E-state index >= 15 is 0 Å². The van der Waals surface area contributed by atoms with Crippen molar-refractivity contribution in [3.63, 3.8) is 0 Å². The predicted octanol–water partition coefficient (Wildman–Crippen LogP) is -0.0204. The maximum atomic E-state index is 11.4. The molecule has 1 aromatic carbocycles. The SMILES string of the molecule is CNC(=O)c1ccc(NCCCNS(C)(=O)=O)c(N)c1. The van der Waals surface area contributed by atoms with E-state index in [0.717, 1.165) is 11.9 Å². The highest BCUT2D eigenvalue weighted by Crippen LogP contribution is 2.19. The molecule has 8 heteroatoms. The van der Waals surface area contributed by atoms with E-state index in [9.17, 15) is 13.2 Å². The molecular formula is C12H20N4O3S. The van der Waals surface area contributed by atoms with Crippen LogP contribution in [-0.4, -0.2) is 40.7 Å². The highest BCUT2D eigenvalue weighted by atomic mass is 32.2. The first kappa shape index (κ1) is 16.3. The summed E-state index contributed by atoms with van der Waals surface area (Å²) in [6.45, 7) is 0.939. The van der Waals surface area contributed by atoms with Gasteiger partial charge >= 0.3 is 0 Å². The number of nitrogen functional groups attached to an aromatic ring is 1. The third-order valence-corrected chi connectivity index (χ3v) is 3.30. The molecule has 0 saturated carbocycles. The Balaban J connectivity index is 2.47. The molecule has 1 aromatic rings. The number of benzene rings is 1. The van der Waals surface area contributed by atoms with Gasteiger partial charge in [0.25, 0.3) is 5.91 Å². The van der Waals surface area contributed by atoms with Crippen LogP contribution >= 0.6 is 0 Å². The fraction of sp³-hybridized carbons (Fsp3) is 0.417. The molecule has 0 aliphatic rings. The maximum absolute atomic E-state index is 11.4. The number of carbonyl (C=O) groups excluding carboxylic acids is 1. The number of nitrogens with one attached hydrogen (secondary N) is 3. The number of hydrogen-bond acceptors (Lipinski definition) is 5. The fourth-order valence-corrected chi connectivity index (χ4v) is 2.09. The van der Waals surface area contributed by atoms with Crippen LogP contribution in [0.2, 0.25) is 0 Å². The lowest BCUT2D eigenvalue weighted by molar-refractivity contribution is 0.0963. The zero-order chi connectivity index (χ0) is 15.2. The van der Waals surface area contributed by atoms with Gasteiger partial charge < -0.3 is 16.4 Å². The molecule has 0 bridgehead atoms. The quantitative estimate of drug-likeness (QED) is 0.417. The summed E-state index contributed by atoms with van der Waals surface area (Å²) in [5, 5.41) is 5.61. The van der Waals surface area contributed by atoms with E-state index in [1.54, 1.807) is 25.2 Å². The van der Waals surface area contributed by atoms with Gasteiger partial charge in [-0.25, -0.2) is 13.1 Å². The smallest absolute Gasteiger partial charge is 0.251 e. The number of nitrogens with two attached hydrogens (primary N) is 1. The number of anilines is 2. The van der Waals surface area contributed by atoms with Gasteiger partial charge in [-0.1, -0.05) is 0 Å². The minimum Gasteiger partial charge on any atom is -0.397 e. The van der Waals surface area contributed by atoms with Crippen LogP contribution in [0.3, 0.4) is 0 Å². The highest BCUT2D eigenvalue weighted by molar-refractivity contribution is 7.88. The fourth-order valence-electron chi connectivity index (χ4n) is 1.58. The van der Waals surface area contributed by atoms with Gasteiger partial charge in [-0.2, -0.15) is 0 Å². The zero-order valence-electron chi connectivity index (χ0n) is 11.6. The van der Waals surface area contributed by atoms with Crippen molar-refractivity contribution in [1.82, 2.24) is 10.0 Å². The Bertz CT molecular complexity index is 572.